The molecule has 0 spiro atoms. The Bertz CT molecular complexity index is 357. The van der Waals surface area contributed by atoms with E-state index >= 15 is 0 Å². The lowest BCUT2D eigenvalue weighted by Gasteiger charge is -2.45. The van der Waals surface area contributed by atoms with Gasteiger partial charge in [-0.25, -0.2) is 0 Å². The van der Waals surface area contributed by atoms with E-state index in [9.17, 15) is 4.79 Å². The van der Waals surface area contributed by atoms with Gasteiger partial charge in [-0.1, -0.05) is 0 Å². The van der Waals surface area contributed by atoms with E-state index in [4.69, 9.17) is 4.74 Å². The van der Waals surface area contributed by atoms with E-state index in [1.807, 2.05) is 0 Å². The number of nitrogens with zero attached hydrogens (tertiary/aromatic N) is 2. The van der Waals surface area contributed by atoms with Crippen molar-refractivity contribution in [2.75, 3.05) is 53.0 Å². The predicted octanol–water partition coefficient (Wildman–Crippen LogP) is 0.699. The third kappa shape index (κ3) is 4.41. The summed E-state index contributed by atoms with van der Waals surface area (Å²) in [6.07, 6.45) is 5.36. The Hall–Kier alpha value is -0.650. The first kappa shape index (κ1) is 15.3. The van der Waals surface area contributed by atoms with Gasteiger partial charge in [-0.05, 0) is 38.6 Å². The molecule has 1 saturated carbocycles. The molecule has 0 aromatic heterocycles. The number of amides is 1. The van der Waals surface area contributed by atoms with Crippen LogP contribution in [0.5, 0.6) is 0 Å². The fourth-order valence-corrected chi connectivity index (χ4v) is 3.49. The number of hydrogen-bond acceptors (Lipinski definition) is 4. The van der Waals surface area contributed by atoms with Gasteiger partial charge in [-0.2, -0.15) is 0 Å². The molecule has 21 heavy (non-hydrogen) atoms. The van der Waals surface area contributed by atoms with Gasteiger partial charge in [0.25, 0.3) is 0 Å². The zero-order chi connectivity index (χ0) is 14.7. The molecule has 3 fully saturated rings. The summed E-state index contributed by atoms with van der Waals surface area (Å²) in [7, 11) is 2.17. The van der Waals surface area contributed by atoms with Crippen molar-refractivity contribution in [3.05, 3.63) is 0 Å². The first-order chi connectivity index (χ1) is 10.2. The second-order valence-electron chi connectivity index (χ2n) is 7.17. The topological polar surface area (TPSA) is 44.8 Å². The molecule has 0 aromatic carbocycles. The van der Waals surface area contributed by atoms with E-state index < -0.39 is 0 Å². The molecule has 1 amide bonds. The molecular formula is C16H29N3O2. The van der Waals surface area contributed by atoms with Crippen molar-refractivity contribution in [2.45, 2.75) is 37.6 Å². The van der Waals surface area contributed by atoms with E-state index in [0.717, 1.165) is 65.2 Å². The number of hydrogen-bond donors (Lipinski definition) is 1. The molecule has 3 aliphatic rings. The minimum Gasteiger partial charge on any atom is -0.379 e. The number of rotatable bonds is 5. The Balaban J connectivity index is 1.60. The average molecular weight is 295 g/mol. The Morgan fingerprint density at radius 2 is 1.86 bits per heavy atom. The first-order valence-corrected chi connectivity index (χ1v) is 8.45. The number of morpholine rings is 1. The Kier molecular flexibility index (Phi) is 4.82. The molecule has 120 valence electrons. The van der Waals surface area contributed by atoms with Gasteiger partial charge in [0.05, 0.1) is 18.8 Å². The van der Waals surface area contributed by atoms with Gasteiger partial charge >= 0.3 is 0 Å². The summed E-state index contributed by atoms with van der Waals surface area (Å²) < 4.78 is 5.44. The van der Waals surface area contributed by atoms with Crippen LogP contribution in [0.4, 0.5) is 0 Å². The second-order valence-corrected chi connectivity index (χ2v) is 7.17. The maximum atomic E-state index is 12.3. The van der Waals surface area contributed by atoms with Crippen molar-refractivity contribution in [3.63, 3.8) is 0 Å². The van der Waals surface area contributed by atoms with Gasteiger partial charge in [-0.3, -0.25) is 9.69 Å². The smallest absolute Gasteiger partial charge is 0.220 e. The molecule has 0 aromatic rings. The predicted molar refractivity (Wildman–Crippen MR) is 82.2 cm³/mol. The molecule has 1 N–H and O–H groups in total. The summed E-state index contributed by atoms with van der Waals surface area (Å²) in [6, 6.07) is 0. The highest BCUT2D eigenvalue weighted by atomic mass is 16.5. The molecule has 2 saturated heterocycles. The van der Waals surface area contributed by atoms with Crippen LogP contribution in [0.1, 0.15) is 32.1 Å². The van der Waals surface area contributed by atoms with Crippen LogP contribution in [0.2, 0.25) is 0 Å². The fraction of sp³-hybridized carbons (Fsp3) is 0.938. The summed E-state index contributed by atoms with van der Waals surface area (Å²) in [5, 5.41) is 3.42. The zero-order valence-corrected chi connectivity index (χ0v) is 13.3. The largest absolute Gasteiger partial charge is 0.379 e. The maximum Gasteiger partial charge on any atom is 0.220 e. The number of nitrogens with one attached hydrogen (secondary N) is 1. The maximum absolute atomic E-state index is 12.3. The molecule has 0 unspecified atom stereocenters. The highest BCUT2D eigenvalue weighted by molar-refractivity contribution is 5.77. The van der Waals surface area contributed by atoms with Crippen LogP contribution in [0, 0.1) is 5.92 Å². The van der Waals surface area contributed by atoms with Crippen LogP contribution in [0.15, 0.2) is 0 Å². The van der Waals surface area contributed by atoms with Crippen LogP contribution < -0.4 is 5.32 Å². The summed E-state index contributed by atoms with van der Waals surface area (Å²) in [4.78, 5) is 17.2. The monoisotopic (exact) mass is 295 g/mol. The minimum atomic E-state index is -0.0180. The summed E-state index contributed by atoms with van der Waals surface area (Å²) in [6.45, 7) is 6.78. The van der Waals surface area contributed by atoms with Crippen molar-refractivity contribution < 1.29 is 9.53 Å². The van der Waals surface area contributed by atoms with E-state index in [2.05, 4.69) is 22.2 Å². The van der Waals surface area contributed by atoms with Crippen LogP contribution in [-0.4, -0.2) is 74.2 Å². The van der Waals surface area contributed by atoms with Gasteiger partial charge in [0.1, 0.15) is 0 Å². The van der Waals surface area contributed by atoms with Gasteiger partial charge in [0, 0.05) is 39.1 Å². The molecule has 5 nitrogen and oxygen atoms in total. The summed E-state index contributed by atoms with van der Waals surface area (Å²) in [5.74, 6) is 0.937. The third-order valence-corrected chi connectivity index (χ3v) is 5.15. The Labute approximate surface area is 128 Å². The fourth-order valence-electron chi connectivity index (χ4n) is 3.49. The van der Waals surface area contributed by atoms with Gasteiger partial charge in [-0.15, -0.1) is 0 Å². The number of piperidine rings is 1. The van der Waals surface area contributed by atoms with Gasteiger partial charge in [0.2, 0.25) is 5.91 Å². The van der Waals surface area contributed by atoms with Gasteiger partial charge < -0.3 is 15.0 Å². The van der Waals surface area contributed by atoms with Crippen LogP contribution >= 0.6 is 0 Å². The van der Waals surface area contributed by atoms with E-state index in [1.54, 1.807) is 0 Å². The average Bonchev–Trinajstić information content (AvgIpc) is 3.27. The Morgan fingerprint density at radius 1 is 1.19 bits per heavy atom. The number of likely N-dealkylation sites (tertiary alicyclic amines) is 1. The van der Waals surface area contributed by atoms with Crippen LogP contribution in [0.25, 0.3) is 0 Å². The normalized spacial score (nSPS) is 27.5. The molecule has 5 heteroatoms. The van der Waals surface area contributed by atoms with Crippen LogP contribution in [-0.2, 0) is 9.53 Å². The molecule has 1 aliphatic carbocycles. The first-order valence-electron chi connectivity index (χ1n) is 8.45. The van der Waals surface area contributed by atoms with Crippen molar-refractivity contribution in [2.24, 2.45) is 5.92 Å². The third-order valence-electron chi connectivity index (χ3n) is 5.15. The molecule has 0 radical (unpaired) electrons. The summed E-state index contributed by atoms with van der Waals surface area (Å²) >= 11 is 0. The Morgan fingerprint density at radius 3 is 2.48 bits per heavy atom. The summed E-state index contributed by atoms with van der Waals surface area (Å²) in [5.41, 5.74) is -0.0180. The molecule has 2 heterocycles. The van der Waals surface area contributed by atoms with Crippen molar-refractivity contribution >= 4 is 5.91 Å². The highest BCUT2D eigenvalue weighted by Gasteiger charge is 2.38. The number of ether oxygens (including phenoxy) is 1. The SMILES string of the molecule is CN1CCC(CN2CCOCC2)(NC(=O)CC2CC2)CC1. The van der Waals surface area contributed by atoms with Crippen molar-refractivity contribution in [1.82, 2.24) is 15.1 Å². The second kappa shape index (κ2) is 6.63. The standard InChI is InChI=1S/C16H29N3O2/c1-18-6-4-16(5-7-18,13-19-8-10-21-11-9-19)17-15(20)12-14-2-3-14/h14H,2-13H2,1H3,(H,17,20). The number of carbonyl (C=O) groups is 1. The highest BCUT2D eigenvalue weighted by Crippen LogP contribution is 2.33. The van der Waals surface area contributed by atoms with Crippen molar-refractivity contribution in [1.29, 1.82) is 0 Å². The van der Waals surface area contributed by atoms with E-state index in [0.29, 0.717) is 5.92 Å². The molecule has 0 atom stereocenters. The van der Waals surface area contributed by atoms with E-state index in [-0.39, 0.29) is 11.4 Å². The minimum absolute atomic E-state index is 0.0180. The molecule has 0 bridgehead atoms. The quantitative estimate of drug-likeness (QED) is 0.811. The lowest BCUT2D eigenvalue weighted by molar-refractivity contribution is -0.124. The lowest BCUT2D eigenvalue weighted by atomic mass is 9.86. The van der Waals surface area contributed by atoms with E-state index in [1.165, 1.54) is 12.8 Å². The van der Waals surface area contributed by atoms with Crippen LogP contribution in [0.3, 0.4) is 0 Å². The number of carbonyl (C=O) groups excluding carboxylic acids is 1. The molecule has 2 aliphatic heterocycles. The zero-order valence-electron chi connectivity index (χ0n) is 13.3. The lowest BCUT2D eigenvalue weighted by Crippen LogP contribution is -2.61. The molecular weight excluding hydrogens is 266 g/mol. The van der Waals surface area contributed by atoms with Crippen molar-refractivity contribution in [3.8, 4) is 0 Å². The van der Waals surface area contributed by atoms with Gasteiger partial charge in [0.15, 0.2) is 0 Å². The molecule has 3 rings (SSSR count).